The topological polar surface area (TPSA) is 90.9 Å². The highest BCUT2D eigenvalue weighted by Crippen LogP contribution is 2.37. The number of benzodiazepines with no additional fused rings is 1. The Labute approximate surface area is 181 Å². The first-order valence-electron chi connectivity index (χ1n) is 10.5. The van der Waals surface area contributed by atoms with Gasteiger partial charge in [0.2, 0.25) is 18.0 Å². The molecule has 0 spiro atoms. The van der Waals surface area contributed by atoms with Gasteiger partial charge in [-0.1, -0.05) is 55.5 Å². The molecule has 2 aromatic carbocycles. The monoisotopic (exact) mass is 418 g/mol. The van der Waals surface area contributed by atoms with Crippen molar-refractivity contribution in [1.29, 1.82) is 0 Å². The van der Waals surface area contributed by atoms with Crippen LogP contribution in [0.15, 0.2) is 59.6 Å². The SMILES string of the molecule is CC1CC1C(=O)N[C@@H](C)C(=O)N[C@H]1N=C(c2ccccc2)c2ccccc2N(C)C1=O. The lowest BCUT2D eigenvalue weighted by Gasteiger charge is -2.22. The van der Waals surface area contributed by atoms with Crippen molar-refractivity contribution in [2.24, 2.45) is 16.8 Å². The van der Waals surface area contributed by atoms with Gasteiger partial charge >= 0.3 is 0 Å². The highest BCUT2D eigenvalue weighted by atomic mass is 16.2. The minimum atomic E-state index is -1.10. The molecule has 4 rings (SSSR count). The summed E-state index contributed by atoms with van der Waals surface area (Å²) in [4.78, 5) is 44.3. The minimum Gasteiger partial charge on any atom is -0.344 e. The molecular formula is C24H26N4O3. The van der Waals surface area contributed by atoms with Gasteiger partial charge in [0.15, 0.2) is 0 Å². The van der Waals surface area contributed by atoms with Gasteiger partial charge in [-0.25, -0.2) is 4.99 Å². The smallest absolute Gasteiger partial charge is 0.272 e. The molecule has 2 unspecified atom stereocenters. The number of anilines is 1. The van der Waals surface area contributed by atoms with Gasteiger partial charge in [0.1, 0.15) is 6.04 Å². The van der Waals surface area contributed by atoms with E-state index in [1.54, 1.807) is 14.0 Å². The fourth-order valence-corrected chi connectivity index (χ4v) is 3.78. The average Bonchev–Trinajstić information content (AvgIpc) is 3.53. The number of rotatable bonds is 5. The Bertz CT molecular complexity index is 1050. The number of hydrogen-bond acceptors (Lipinski definition) is 4. The Morgan fingerprint density at radius 1 is 1.10 bits per heavy atom. The quantitative estimate of drug-likeness (QED) is 0.779. The summed E-state index contributed by atoms with van der Waals surface area (Å²) in [5.74, 6) is -0.598. The van der Waals surface area contributed by atoms with Crippen LogP contribution in [0.2, 0.25) is 0 Å². The molecule has 0 bridgehead atoms. The van der Waals surface area contributed by atoms with Gasteiger partial charge in [0.05, 0.1) is 11.4 Å². The van der Waals surface area contributed by atoms with Crippen LogP contribution >= 0.6 is 0 Å². The van der Waals surface area contributed by atoms with Gasteiger partial charge in [-0.05, 0) is 25.3 Å². The van der Waals surface area contributed by atoms with E-state index >= 15 is 0 Å². The Kier molecular flexibility index (Phi) is 5.59. The number of carbonyl (C=O) groups excluding carboxylic acids is 3. The number of hydrogen-bond donors (Lipinski definition) is 2. The van der Waals surface area contributed by atoms with E-state index in [1.165, 1.54) is 4.90 Å². The van der Waals surface area contributed by atoms with Crippen LogP contribution < -0.4 is 15.5 Å². The van der Waals surface area contributed by atoms with E-state index in [4.69, 9.17) is 0 Å². The first kappa shape index (κ1) is 20.8. The van der Waals surface area contributed by atoms with Gasteiger partial charge in [0.25, 0.3) is 5.91 Å². The van der Waals surface area contributed by atoms with Crippen LogP contribution in [0.25, 0.3) is 0 Å². The molecule has 7 heteroatoms. The van der Waals surface area contributed by atoms with E-state index in [0.717, 1.165) is 23.2 Å². The largest absolute Gasteiger partial charge is 0.344 e. The molecule has 2 aliphatic rings. The van der Waals surface area contributed by atoms with E-state index in [9.17, 15) is 14.4 Å². The maximum absolute atomic E-state index is 13.1. The summed E-state index contributed by atoms with van der Waals surface area (Å²) in [5, 5.41) is 5.46. The standard InChI is InChI=1S/C24H26N4O3/c1-14-13-18(14)23(30)25-15(2)22(29)27-21-24(31)28(3)19-12-8-7-11-17(19)20(26-21)16-9-5-4-6-10-16/h4-12,14-15,18,21H,13H2,1-3H3,(H,25,30)(H,27,29)/t14?,15-,18?,21+/m0/s1. The van der Waals surface area contributed by atoms with Crippen molar-refractivity contribution in [3.63, 3.8) is 0 Å². The predicted molar refractivity (Wildman–Crippen MR) is 119 cm³/mol. The maximum Gasteiger partial charge on any atom is 0.272 e. The van der Waals surface area contributed by atoms with Crippen LogP contribution in [0.1, 0.15) is 31.4 Å². The van der Waals surface area contributed by atoms with Crippen molar-refractivity contribution in [2.75, 3.05) is 11.9 Å². The Morgan fingerprint density at radius 2 is 1.74 bits per heavy atom. The summed E-state index contributed by atoms with van der Waals surface area (Å²) in [6.07, 6.45) is -0.256. The van der Waals surface area contributed by atoms with Crippen molar-refractivity contribution in [3.05, 3.63) is 65.7 Å². The predicted octanol–water partition coefficient (Wildman–Crippen LogP) is 2.10. The number of nitrogens with one attached hydrogen (secondary N) is 2. The van der Waals surface area contributed by atoms with Crippen molar-refractivity contribution >= 4 is 29.1 Å². The van der Waals surface area contributed by atoms with E-state index in [0.29, 0.717) is 11.6 Å². The fraction of sp³-hybridized carbons (Fsp3) is 0.333. The highest BCUT2D eigenvalue weighted by molar-refractivity contribution is 6.20. The third-order valence-corrected chi connectivity index (χ3v) is 5.87. The van der Waals surface area contributed by atoms with E-state index in [2.05, 4.69) is 15.6 Å². The Balaban J connectivity index is 1.61. The molecule has 7 nitrogen and oxygen atoms in total. The molecule has 0 aromatic heterocycles. The van der Waals surface area contributed by atoms with Gasteiger partial charge in [-0.3, -0.25) is 14.4 Å². The number of likely N-dealkylation sites (N-methyl/N-ethyl adjacent to an activating group) is 1. The molecule has 1 fully saturated rings. The molecule has 3 amide bonds. The van der Waals surface area contributed by atoms with E-state index < -0.39 is 18.1 Å². The van der Waals surface area contributed by atoms with Crippen LogP contribution in [0.4, 0.5) is 5.69 Å². The zero-order valence-corrected chi connectivity index (χ0v) is 17.8. The zero-order valence-electron chi connectivity index (χ0n) is 17.8. The zero-order chi connectivity index (χ0) is 22.1. The number of nitrogens with zero attached hydrogens (tertiary/aromatic N) is 2. The number of fused-ring (bicyclic) bond motifs is 1. The van der Waals surface area contributed by atoms with Crippen molar-refractivity contribution in [2.45, 2.75) is 32.5 Å². The summed E-state index contributed by atoms with van der Waals surface area (Å²) < 4.78 is 0. The van der Waals surface area contributed by atoms with Gasteiger partial charge in [-0.2, -0.15) is 0 Å². The molecule has 0 saturated heterocycles. The first-order chi connectivity index (χ1) is 14.9. The van der Waals surface area contributed by atoms with Gasteiger partial charge in [-0.15, -0.1) is 0 Å². The molecule has 1 heterocycles. The molecule has 0 radical (unpaired) electrons. The molecule has 4 atom stereocenters. The van der Waals surface area contributed by atoms with Crippen LogP contribution in [-0.4, -0.2) is 42.7 Å². The second kappa shape index (κ2) is 8.34. The minimum absolute atomic E-state index is 0.0295. The van der Waals surface area contributed by atoms with Crippen LogP contribution in [0, 0.1) is 11.8 Å². The number of benzene rings is 2. The van der Waals surface area contributed by atoms with Crippen LogP contribution in [-0.2, 0) is 14.4 Å². The molecular weight excluding hydrogens is 392 g/mol. The van der Waals surface area contributed by atoms with Crippen molar-refractivity contribution in [1.82, 2.24) is 10.6 Å². The average molecular weight is 418 g/mol. The summed E-state index contributed by atoms with van der Waals surface area (Å²) in [6, 6.07) is 16.3. The van der Waals surface area contributed by atoms with E-state index in [1.807, 2.05) is 61.5 Å². The lowest BCUT2D eigenvalue weighted by molar-refractivity contribution is -0.131. The molecule has 1 aliphatic heterocycles. The summed E-state index contributed by atoms with van der Waals surface area (Å²) in [5.41, 5.74) is 3.00. The molecule has 160 valence electrons. The van der Waals surface area contributed by atoms with Gasteiger partial charge in [0, 0.05) is 24.1 Å². The van der Waals surface area contributed by atoms with E-state index in [-0.39, 0.29) is 17.7 Å². The summed E-state index contributed by atoms with van der Waals surface area (Å²) >= 11 is 0. The van der Waals surface area contributed by atoms with Gasteiger partial charge < -0.3 is 15.5 Å². The molecule has 31 heavy (non-hydrogen) atoms. The third kappa shape index (κ3) is 4.21. The second-order valence-electron chi connectivity index (χ2n) is 8.22. The van der Waals surface area contributed by atoms with Crippen LogP contribution in [0.3, 0.4) is 0 Å². The van der Waals surface area contributed by atoms with Crippen molar-refractivity contribution in [3.8, 4) is 0 Å². The second-order valence-corrected chi connectivity index (χ2v) is 8.22. The summed E-state index contributed by atoms with van der Waals surface area (Å²) in [7, 11) is 1.67. The lowest BCUT2D eigenvalue weighted by atomic mass is 10.0. The number of amides is 3. The Hall–Kier alpha value is -3.48. The fourth-order valence-electron chi connectivity index (χ4n) is 3.78. The van der Waals surface area contributed by atoms with Crippen LogP contribution in [0.5, 0.6) is 0 Å². The number of aliphatic imine (C=N–C) groups is 1. The molecule has 2 N–H and O–H groups in total. The first-order valence-corrected chi connectivity index (χ1v) is 10.5. The molecule has 1 saturated carbocycles. The Morgan fingerprint density at radius 3 is 2.42 bits per heavy atom. The highest BCUT2D eigenvalue weighted by Gasteiger charge is 2.40. The lowest BCUT2D eigenvalue weighted by Crippen LogP contribution is -2.52. The summed E-state index contributed by atoms with van der Waals surface area (Å²) in [6.45, 7) is 3.62. The third-order valence-electron chi connectivity index (χ3n) is 5.87. The number of para-hydroxylation sites is 1. The molecule has 1 aliphatic carbocycles. The maximum atomic E-state index is 13.1. The van der Waals surface area contributed by atoms with Crippen molar-refractivity contribution < 1.29 is 14.4 Å². The number of carbonyl (C=O) groups is 3. The molecule has 2 aromatic rings. The normalized spacial score (nSPS) is 23.2.